The van der Waals surface area contributed by atoms with Gasteiger partial charge in [-0.1, -0.05) is 569 Å². The van der Waals surface area contributed by atoms with Gasteiger partial charge in [-0.3, -0.25) is 0 Å². The van der Waals surface area contributed by atoms with Gasteiger partial charge in [0.05, 0.1) is 17.5 Å². The second-order valence-corrected chi connectivity index (χ2v) is 41.4. The van der Waals surface area contributed by atoms with Gasteiger partial charge >= 0.3 is 21.1 Å². The van der Waals surface area contributed by atoms with Crippen molar-refractivity contribution in [1.29, 1.82) is 0 Å². The molecule has 17 heteroatoms. The molecule has 0 saturated heterocycles. The van der Waals surface area contributed by atoms with Gasteiger partial charge in [0.2, 0.25) is 0 Å². The maximum atomic E-state index is 5.61. The molecule has 0 aliphatic heterocycles. The van der Waals surface area contributed by atoms with E-state index in [-0.39, 0.29) is 38.6 Å². The van der Waals surface area contributed by atoms with E-state index >= 15 is 0 Å². The van der Waals surface area contributed by atoms with E-state index in [4.69, 9.17) is 119 Å². The third kappa shape index (κ3) is 129. The first-order chi connectivity index (χ1) is 60.8. The fourth-order valence-electron chi connectivity index (χ4n) is 16.9. The van der Waals surface area contributed by atoms with Gasteiger partial charge in [0.1, 0.15) is 0 Å². The predicted molar refractivity (Wildman–Crippen MR) is 582 cm³/mol. The largest absolute Gasteiger partial charge is 4.00 e. The summed E-state index contributed by atoms with van der Waals surface area (Å²) in [6.07, 6.45) is 121. The first-order valence-corrected chi connectivity index (χ1v) is 58.6. The maximum Gasteiger partial charge on any atom is 4.00 e. The van der Waals surface area contributed by atoms with Gasteiger partial charge in [0.15, 0.2) is 0 Å². The van der Waals surface area contributed by atoms with E-state index in [0.717, 1.165) is 52.4 Å². The average molecular weight is 1990 g/mol. The number of hydroxylamine groups is 8. The van der Waals surface area contributed by atoms with Crippen LogP contribution in [0.3, 0.4) is 0 Å². The van der Waals surface area contributed by atoms with Crippen LogP contribution in [0.2, 0.25) is 0 Å². The fraction of sp³-hybridized carbons (Fsp3) is 0.963. The number of rotatable bonds is 100. The molecule has 0 fully saturated rings. The molecular weight excluding hydrogens is 1770 g/mol. The molecule has 746 valence electrons. The van der Waals surface area contributed by atoms with Crippen LogP contribution < -0.4 is 0 Å². The molecule has 0 aliphatic rings. The number of hydrogen-bond acceptors (Lipinski definition) is 16. The molecule has 0 aromatic heterocycles. The van der Waals surface area contributed by atoms with Gasteiger partial charge in [-0.25, -0.2) is 0 Å². The second kappa shape index (κ2) is 123. The summed E-state index contributed by atoms with van der Waals surface area (Å²) in [7, 11) is 0. The third-order valence-electron chi connectivity index (χ3n) is 24.9. The van der Waals surface area contributed by atoms with Gasteiger partial charge in [0.25, 0.3) is 0 Å². The molecule has 0 N–H and O–H groups in total. The van der Waals surface area contributed by atoms with E-state index in [1.807, 2.05) is 20.3 Å². The Morgan fingerprint density at radius 3 is 0.264 bits per heavy atom. The Morgan fingerprint density at radius 2 is 0.200 bits per heavy atom. The van der Waals surface area contributed by atoms with Crippen LogP contribution in [0.4, 0.5) is 0 Å². The summed E-state index contributed by atoms with van der Waals surface area (Å²) >= 11 is 40.0. The monoisotopic (exact) mass is 1990 g/mol. The van der Waals surface area contributed by atoms with Crippen molar-refractivity contribution in [2.24, 2.45) is 0 Å². The van der Waals surface area contributed by atoms with E-state index in [1.165, 1.54) is 565 Å². The van der Waals surface area contributed by atoms with Gasteiger partial charge in [-0.05, 0) is 51.4 Å². The van der Waals surface area contributed by atoms with Gasteiger partial charge in [-0.15, -0.1) is 20.3 Å². The molecule has 0 spiro atoms. The molecule has 0 aliphatic carbocycles. The second-order valence-electron chi connectivity index (χ2n) is 37.4. The Hall–Kier alpha value is 0.968. The summed E-state index contributed by atoms with van der Waals surface area (Å²) < 4.78 is 0.967. The van der Waals surface area contributed by atoms with E-state index < -0.39 is 0 Å². The SMILES string of the molecule is CCCCCCCCCCCCCN(CCCCCCCCCCCCC)OC(=S)[S-].CCCCCCCCCCCCCN(CCCCCCCCCCCCC)OC(=S)[S-].CCCCCCCCCCCCCN(CCCCCCCCCCCCC)OC(=S)[S-].CCCCCCCCCCCCCN(CCCCCCCCCCCCC)OC(=S)[S-].[Mo+4]. The van der Waals surface area contributed by atoms with Gasteiger partial charge in [0, 0.05) is 52.4 Å². The smallest absolute Gasteiger partial charge is 0.426 e. The zero-order valence-corrected chi connectivity index (χ0v) is 93.5. The molecule has 0 saturated carbocycles. The van der Waals surface area contributed by atoms with Crippen LogP contribution in [-0.4, -0.2) is 90.1 Å². The van der Waals surface area contributed by atoms with Crippen LogP contribution in [0.15, 0.2) is 0 Å². The summed E-state index contributed by atoms with van der Waals surface area (Å²) in [5.41, 5.74) is 0. The number of nitrogens with zero attached hydrogens (tertiary/aromatic N) is 4. The van der Waals surface area contributed by atoms with Crippen molar-refractivity contribution in [3.05, 3.63) is 0 Å². The number of unbranched alkanes of at least 4 members (excludes halogenated alkanes) is 80. The molecule has 0 unspecified atom stereocenters. The van der Waals surface area contributed by atoms with Crippen molar-refractivity contribution in [2.45, 2.75) is 620 Å². The van der Waals surface area contributed by atoms with Crippen molar-refractivity contribution in [3.8, 4) is 0 Å². The summed E-state index contributed by atoms with van der Waals surface area (Å²) in [5.74, 6) is 0. The molecule has 8 nitrogen and oxygen atoms in total. The van der Waals surface area contributed by atoms with Crippen LogP contribution in [0.25, 0.3) is 0 Å². The minimum absolute atomic E-state index is 0. The maximum absolute atomic E-state index is 5.61. The summed E-state index contributed by atoms with van der Waals surface area (Å²) in [5, 5.41) is 8.10. The minimum atomic E-state index is 0. The molecule has 125 heavy (non-hydrogen) atoms. The van der Waals surface area contributed by atoms with Gasteiger partial charge < -0.3 is 119 Å². The molecule has 0 amide bonds. The van der Waals surface area contributed by atoms with Crippen LogP contribution in [0.1, 0.15) is 620 Å². The van der Waals surface area contributed by atoms with Crippen LogP contribution in [0.5, 0.6) is 0 Å². The Balaban J connectivity index is -0.000000511. The number of hydrogen-bond donors (Lipinski definition) is 0. The quantitative estimate of drug-likeness (QED) is 0.0191. The van der Waals surface area contributed by atoms with E-state index in [2.05, 4.69) is 55.4 Å². The standard InChI is InChI=1S/4C27H55NOS2.Mo/c4*1-3-5-7-9-11-13-15-17-19-21-23-25-28(29-27(30)31)26-24-22-20-18-16-14-12-10-8-6-4-2;/h4*3-26H2,1-2H3,(H,30,31);/q;;;;+4/p-4. The molecule has 0 aromatic carbocycles. The molecule has 0 heterocycles. The van der Waals surface area contributed by atoms with Crippen molar-refractivity contribution in [3.63, 3.8) is 0 Å². The Labute approximate surface area is 843 Å². The van der Waals surface area contributed by atoms with Crippen LogP contribution >= 0.6 is 48.9 Å². The van der Waals surface area contributed by atoms with Crippen molar-refractivity contribution in [1.82, 2.24) is 20.3 Å². The van der Waals surface area contributed by atoms with Crippen molar-refractivity contribution < 1.29 is 40.4 Å². The van der Waals surface area contributed by atoms with Crippen LogP contribution in [0, 0.1) is 0 Å². The van der Waals surface area contributed by atoms with Gasteiger partial charge in [-0.2, -0.15) is 0 Å². The molecular formula is C108H216MoN4O4S8. The Kier molecular flexibility index (Phi) is 132. The zero-order chi connectivity index (χ0) is 91.3. The fourth-order valence-corrected chi connectivity index (χ4v) is 17.7. The van der Waals surface area contributed by atoms with Crippen molar-refractivity contribution >= 4 is 117 Å². The van der Waals surface area contributed by atoms with Crippen LogP contribution in [-0.2, 0) is 90.9 Å². The topological polar surface area (TPSA) is 49.9 Å². The molecule has 0 rings (SSSR count). The third-order valence-corrected chi connectivity index (χ3v) is 25.5. The van der Waals surface area contributed by atoms with E-state index in [0.29, 0.717) is 0 Å². The summed E-state index contributed by atoms with van der Waals surface area (Å²) in [6, 6.07) is 0. The Bertz CT molecular complexity index is 1640. The molecule has 0 radical (unpaired) electrons. The summed E-state index contributed by atoms with van der Waals surface area (Å²) in [4.78, 5) is 22.5. The average Bonchev–Trinajstić information content (AvgIpc) is 0.995. The van der Waals surface area contributed by atoms with E-state index in [9.17, 15) is 0 Å². The first-order valence-electron chi connectivity index (χ1n) is 55.4. The molecule has 0 bridgehead atoms. The van der Waals surface area contributed by atoms with Crippen molar-refractivity contribution in [2.75, 3.05) is 52.4 Å². The zero-order valence-electron chi connectivity index (χ0n) is 85.0. The Morgan fingerprint density at radius 1 is 0.136 bits per heavy atom. The molecule has 0 atom stereocenters. The molecule has 0 aromatic rings. The minimum Gasteiger partial charge on any atom is -0.426 e. The predicted octanol–water partition coefficient (Wildman–Crippen LogP) is 38.7. The summed E-state index contributed by atoms with van der Waals surface area (Å²) in [6.45, 7) is 26.0. The normalized spacial score (nSPS) is 11.2. The number of thiocarbonyl (C=S) groups is 4. The first kappa shape index (κ1) is 134. The van der Waals surface area contributed by atoms with E-state index in [1.54, 1.807) is 0 Å².